The van der Waals surface area contributed by atoms with Gasteiger partial charge in [-0.1, -0.05) is 0 Å². The molecule has 1 N–H and O–H groups in total. The van der Waals surface area contributed by atoms with E-state index >= 15 is 0 Å². The van der Waals surface area contributed by atoms with Crippen molar-refractivity contribution in [3.05, 3.63) is 0 Å². The van der Waals surface area contributed by atoms with E-state index in [9.17, 15) is 9.59 Å². The summed E-state index contributed by atoms with van der Waals surface area (Å²) in [5.74, 6) is -1.01. The molecule has 0 aromatic carbocycles. The van der Waals surface area contributed by atoms with Gasteiger partial charge < -0.3 is 19.1 Å². The van der Waals surface area contributed by atoms with Gasteiger partial charge in [-0.05, 0) is 0 Å². The molecule has 0 amide bonds. The molecule has 0 radical (unpaired) electrons. The second-order valence-electron chi connectivity index (χ2n) is 4.21. The maximum absolute atomic E-state index is 10.8. The molecule has 0 aliphatic rings. The molecule has 0 saturated heterocycles. The summed E-state index contributed by atoms with van der Waals surface area (Å²) in [7, 11) is 3.69. The van der Waals surface area contributed by atoms with Crippen LogP contribution in [0.25, 0.3) is 0 Å². The van der Waals surface area contributed by atoms with Gasteiger partial charge in [0.1, 0.15) is 6.54 Å². The van der Waals surface area contributed by atoms with Crippen LogP contribution in [0, 0.1) is 0 Å². The summed E-state index contributed by atoms with van der Waals surface area (Å²) in [5.41, 5.74) is 0. The lowest BCUT2D eigenvalue weighted by molar-refractivity contribution is -0.895. The molecule has 16 heavy (non-hydrogen) atoms. The fraction of sp³-hybridized carbons (Fsp3) is 0.800. The van der Waals surface area contributed by atoms with Crippen molar-refractivity contribution in [1.82, 2.24) is 0 Å². The zero-order valence-corrected chi connectivity index (χ0v) is 10.2. The molecule has 0 unspecified atom stereocenters. The van der Waals surface area contributed by atoms with Crippen molar-refractivity contribution in [3.8, 4) is 0 Å². The zero-order valence-electron chi connectivity index (χ0n) is 10.2. The third-order valence-electron chi connectivity index (χ3n) is 1.94. The number of nitrogens with zero attached hydrogens (tertiary/aromatic N) is 1. The van der Waals surface area contributed by atoms with E-state index in [1.54, 1.807) is 0 Å². The minimum Gasteiger partial charge on any atom is -0.419 e. The number of carbonyl (C=O) groups is 2. The summed E-state index contributed by atoms with van der Waals surface area (Å²) < 4.78 is 10.1. The normalized spacial score (nSPS) is 11.4. The lowest BCUT2D eigenvalue weighted by Gasteiger charge is -2.31. The zero-order chi connectivity index (χ0) is 12.8. The van der Waals surface area contributed by atoms with E-state index in [4.69, 9.17) is 14.6 Å². The van der Waals surface area contributed by atoms with Crippen molar-refractivity contribution in [3.63, 3.8) is 0 Å². The molecule has 0 aliphatic carbocycles. The molecular formula is C10H20NO5+. The van der Waals surface area contributed by atoms with Gasteiger partial charge in [-0.15, -0.1) is 0 Å². The van der Waals surface area contributed by atoms with Gasteiger partial charge in [0.15, 0.2) is 6.54 Å². The molecule has 0 aliphatic heterocycles. The van der Waals surface area contributed by atoms with Gasteiger partial charge in [-0.2, -0.15) is 0 Å². The molecule has 0 atom stereocenters. The number of aliphatic hydroxyl groups is 1. The third-order valence-corrected chi connectivity index (χ3v) is 1.94. The second kappa shape index (κ2) is 6.44. The van der Waals surface area contributed by atoms with E-state index in [1.807, 2.05) is 14.1 Å². The van der Waals surface area contributed by atoms with Crippen LogP contribution in [0.4, 0.5) is 0 Å². The number of rotatable bonds is 6. The SMILES string of the molecule is CC(=O)OC(C[N+](C)(C)CCO)OC(C)=O. The van der Waals surface area contributed by atoms with Crippen LogP contribution in [-0.4, -0.2) is 61.6 Å². The summed E-state index contributed by atoms with van der Waals surface area (Å²) in [5, 5.41) is 8.85. The lowest BCUT2D eigenvalue weighted by atomic mass is 10.4. The van der Waals surface area contributed by atoms with Crippen LogP contribution < -0.4 is 0 Å². The Labute approximate surface area is 95.3 Å². The summed E-state index contributed by atoms with van der Waals surface area (Å²) in [6, 6.07) is 0. The molecule has 0 rings (SSSR count). The number of quaternary nitrogens is 1. The number of esters is 2. The van der Waals surface area contributed by atoms with Crippen molar-refractivity contribution in [1.29, 1.82) is 0 Å². The highest BCUT2D eigenvalue weighted by atomic mass is 16.7. The number of aliphatic hydroxyl groups excluding tert-OH is 1. The Morgan fingerprint density at radius 1 is 1.19 bits per heavy atom. The molecule has 0 bridgehead atoms. The Morgan fingerprint density at radius 2 is 1.62 bits per heavy atom. The van der Waals surface area contributed by atoms with Crippen molar-refractivity contribution in [2.24, 2.45) is 0 Å². The van der Waals surface area contributed by atoms with Crippen LogP contribution in [0.3, 0.4) is 0 Å². The van der Waals surface area contributed by atoms with Gasteiger partial charge in [0.05, 0.1) is 20.7 Å². The molecular weight excluding hydrogens is 214 g/mol. The highest BCUT2D eigenvalue weighted by molar-refractivity contribution is 5.68. The van der Waals surface area contributed by atoms with E-state index in [-0.39, 0.29) is 6.61 Å². The molecule has 94 valence electrons. The Bertz CT molecular complexity index is 236. The van der Waals surface area contributed by atoms with Crippen molar-refractivity contribution in [2.75, 3.05) is 33.8 Å². The first-order chi connectivity index (χ1) is 7.26. The predicted octanol–water partition coefficient (Wildman–Crippen LogP) is -0.493. The molecule has 0 aromatic rings. The van der Waals surface area contributed by atoms with Crippen molar-refractivity contribution >= 4 is 11.9 Å². The molecule has 0 aromatic heterocycles. The topological polar surface area (TPSA) is 72.8 Å². The Hall–Kier alpha value is -1.14. The number of carbonyl (C=O) groups excluding carboxylic acids is 2. The van der Waals surface area contributed by atoms with Crippen molar-refractivity contribution < 1.29 is 28.7 Å². The Morgan fingerprint density at radius 3 is 1.94 bits per heavy atom. The molecule has 0 spiro atoms. The van der Waals surface area contributed by atoms with Crippen LogP contribution in [0.2, 0.25) is 0 Å². The number of hydrogen-bond donors (Lipinski definition) is 1. The molecule has 0 fully saturated rings. The van der Waals surface area contributed by atoms with Gasteiger partial charge in [0.2, 0.25) is 0 Å². The monoisotopic (exact) mass is 234 g/mol. The van der Waals surface area contributed by atoms with E-state index in [1.165, 1.54) is 13.8 Å². The quantitative estimate of drug-likeness (QED) is 0.381. The van der Waals surface area contributed by atoms with Gasteiger partial charge in [0.25, 0.3) is 6.29 Å². The number of likely N-dealkylation sites (N-methyl/N-ethyl adjacent to an activating group) is 1. The van der Waals surface area contributed by atoms with E-state index in [0.29, 0.717) is 17.6 Å². The van der Waals surface area contributed by atoms with Crippen LogP contribution in [0.15, 0.2) is 0 Å². The largest absolute Gasteiger partial charge is 0.419 e. The van der Waals surface area contributed by atoms with E-state index in [2.05, 4.69) is 0 Å². The van der Waals surface area contributed by atoms with Gasteiger partial charge in [-0.3, -0.25) is 9.59 Å². The third kappa shape index (κ3) is 7.19. The first-order valence-corrected chi connectivity index (χ1v) is 5.04. The number of hydrogen-bond acceptors (Lipinski definition) is 5. The Kier molecular flexibility index (Phi) is 5.98. The van der Waals surface area contributed by atoms with E-state index < -0.39 is 18.2 Å². The fourth-order valence-corrected chi connectivity index (χ4v) is 1.23. The number of ether oxygens (including phenoxy) is 2. The highest BCUT2D eigenvalue weighted by Gasteiger charge is 2.26. The van der Waals surface area contributed by atoms with Gasteiger partial charge in [0, 0.05) is 13.8 Å². The minimum absolute atomic E-state index is 0.0138. The average molecular weight is 234 g/mol. The second-order valence-corrected chi connectivity index (χ2v) is 4.21. The summed E-state index contributed by atoms with van der Waals surface area (Å²) in [4.78, 5) is 21.6. The van der Waals surface area contributed by atoms with Gasteiger partial charge in [-0.25, -0.2) is 0 Å². The predicted molar refractivity (Wildman–Crippen MR) is 56.2 cm³/mol. The molecule has 6 nitrogen and oxygen atoms in total. The maximum atomic E-state index is 10.8. The minimum atomic E-state index is -0.906. The first kappa shape index (κ1) is 14.9. The lowest BCUT2D eigenvalue weighted by Crippen LogP contribution is -2.49. The van der Waals surface area contributed by atoms with Crippen LogP contribution in [0.1, 0.15) is 13.8 Å². The van der Waals surface area contributed by atoms with E-state index in [0.717, 1.165) is 0 Å². The average Bonchev–Trinajstić information content (AvgIpc) is 1.98. The summed E-state index contributed by atoms with van der Waals surface area (Å²) >= 11 is 0. The standard InChI is InChI=1S/C10H20NO5/c1-8(13)15-10(16-9(2)14)7-11(3,4)5-6-12/h10,12H,5-7H2,1-4H3/q+1. The fourth-order valence-electron chi connectivity index (χ4n) is 1.23. The van der Waals surface area contributed by atoms with Crippen LogP contribution >= 0.6 is 0 Å². The molecule has 0 heterocycles. The van der Waals surface area contributed by atoms with Crippen molar-refractivity contribution in [2.45, 2.75) is 20.1 Å². The van der Waals surface area contributed by atoms with Crippen LogP contribution in [-0.2, 0) is 19.1 Å². The first-order valence-electron chi connectivity index (χ1n) is 5.04. The van der Waals surface area contributed by atoms with Crippen LogP contribution in [0.5, 0.6) is 0 Å². The summed E-state index contributed by atoms with van der Waals surface area (Å²) in [6.45, 7) is 3.31. The van der Waals surface area contributed by atoms with Gasteiger partial charge >= 0.3 is 11.9 Å². The Balaban J connectivity index is 4.39. The highest BCUT2D eigenvalue weighted by Crippen LogP contribution is 2.05. The molecule has 0 saturated carbocycles. The molecule has 6 heteroatoms. The smallest absolute Gasteiger partial charge is 0.305 e. The maximum Gasteiger partial charge on any atom is 0.305 e. The summed E-state index contributed by atoms with van der Waals surface area (Å²) in [6.07, 6.45) is -0.906.